The minimum Gasteiger partial charge on any atom is -0.391 e. The number of carbonyl (C=O) groups excluding carboxylic acids is 4. The number of nitro benzene ring substituents is 1. The van der Waals surface area contributed by atoms with Gasteiger partial charge in [-0.2, -0.15) is 0 Å². The highest BCUT2D eigenvalue weighted by Gasteiger charge is 2.44. The number of thiazole rings is 1. The molecule has 2 atom stereocenters. The first kappa shape index (κ1) is 70.8. The molecule has 24 nitrogen and oxygen atoms in total. The summed E-state index contributed by atoms with van der Waals surface area (Å²) in [5.41, 5.74) is 10.4. The number of likely N-dealkylation sites (tertiary alicyclic amines) is 1. The first-order valence-electron chi connectivity index (χ1n) is 33.2. The summed E-state index contributed by atoms with van der Waals surface area (Å²) in [5, 5.41) is 33.3. The maximum Gasteiger partial charge on any atom is 0.293 e. The predicted molar refractivity (Wildman–Crippen MR) is 379 cm³/mol. The number of aromatic nitrogens is 3. The van der Waals surface area contributed by atoms with Crippen LogP contribution in [0.1, 0.15) is 99.9 Å². The van der Waals surface area contributed by atoms with Gasteiger partial charge in [0.25, 0.3) is 15.7 Å². The Morgan fingerprint density at radius 2 is 1.56 bits per heavy atom. The van der Waals surface area contributed by atoms with Gasteiger partial charge in [-0.25, -0.2) is 18.4 Å². The zero-order valence-electron chi connectivity index (χ0n) is 55.9. The molecule has 0 saturated carbocycles. The maximum absolute atomic E-state index is 14.5. The third-order valence-electron chi connectivity index (χ3n) is 18.6. The van der Waals surface area contributed by atoms with Gasteiger partial charge in [0.05, 0.1) is 82.1 Å². The monoisotopic (exact) mass is 1400 g/mol. The number of Topliss-reactive ketones (excluding diaryl/α,β-unsaturated/α-hetero) is 1. The van der Waals surface area contributed by atoms with Gasteiger partial charge in [0.2, 0.25) is 17.7 Å². The molecule has 0 spiro atoms. The second kappa shape index (κ2) is 31.1. The number of piperazine rings is 1. The lowest BCUT2D eigenvalue weighted by Crippen LogP contribution is -2.50. The number of rotatable bonds is 28. The van der Waals surface area contributed by atoms with Gasteiger partial charge >= 0.3 is 0 Å². The van der Waals surface area contributed by atoms with Crippen molar-refractivity contribution in [2.24, 2.45) is 10.8 Å². The van der Waals surface area contributed by atoms with E-state index in [1.807, 2.05) is 72.5 Å². The average Bonchev–Trinajstić information content (AvgIpc) is 1.38. The van der Waals surface area contributed by atoms with Crippen LogP contribution in [-0.2, 0) is 45.2 Å². The Labute approximate surface area is 579 Å². The third-order valence-corrected chi connectivity index (χ3v) is 21.2. The highest BCUT2D eigenvalue weighted by Crippen LogP contribution is 2.46. The number of sulfonamides is 1. The number of carbonyl (C=O) groups is 4. The van der Waals surface area contributed by atoms with E-state index in [4.69, 9.17) is 30.8 Å². The van der Waals surface area contributed by atoms with Gasteiger partial charge in [-0.15, -0.1) is 11.3 Å². The Balaban J connectivity index is 0.631. The van der Waals surface area contributed by atoms with Crippen LogP contribution in [0.3, 0.4) is 0 Å². The molecule has 0 unspecified atom stereocenters. The molecule has 2 saturated heterocycles. The van der Waals surface area contributed by atoms with Crippen LogP contribution < -0.4 is 30.5 Å². The molecule has 3 amide bonds. The number of benzene rings is 4. The van der Waals surface area contributed by atoms with E-state index >= 15 is 0 Å². The van der Waals surface area contributed by atoms with E-state index in [-0.39, 0.29) is 136 Å². The summed E-state index contributed by atoms with van der Waals surface area (Å²) in [5.74, 6) is -1.16. The number of aliphatic hydroxyl groups is 1. The van der Waals surface area contributed by atoms with Crippen molar-refractivity contribution in [2.75, 3.05) is 112 Å². The normalized spacial score (nSPS) is 17.4. The van der Waals surface area contributed by atoms with Crippen molar-refractivity contribution < 1.29 is 51.8 Å². The summed E-state index contributed by atoms with van der Waals surface area (Å²) in [4.78, 5) is 86.5. The molecule has 3 aliphatic heterocycles. The number of hydrogen-bond acceptors (Lipinski definition) is 19. The van der Waals surface area contributed by atoms with Crippen LogP contribution in [0.2, 0.25) is 5.02 Å². The number of halogens is 1. The molecule has 6 heterocycles. The number of ketones is 1. The highest BCUT2D eigenvalue weighted by molar-refractivity contribution is 7.92. The SMILES string of the molecule is Cc1ncsc1-c1ccc(CNC(=O)[C@H]2C[C@H](O)CN2C(=O)C(C)(C)CCNC(=O)COCCOCCOCCNc2ccc(S(=O)(=O)Nc3ccc(N4CCN(C5=C(c6ccc(Cl)cc6)CC(C)(C)CC5)CC4)cc3N3CCCC(=O)c4nc5[nH]ccc5cc43)cc2[N+](=O)[O-])cc1. The second-order valence-corrected chi connectivity index (χ2v) is 29.6. The molecule has 520 valence electrons. The lowest BCUT2D eigenvalue weighted by Gasteiger charge is -2.43. The van der Waals surface area contributed by atoms with Gasteiger partial charge in [-0.1, -0.05) is 75.7 Å². The van der Waals surface area contributed by atoms with Crippen LogP contribution in [0, 0.1) is 27.9 Å². The van der Waals surface area contributed by atoms with Crippen molar-refractivity contribution >= 4 is 107 Å². The minimum absolute atomic E-state index is 0.0292. The van der Waals surface area contributed by atoms with Crippen LogP contribution in [0.15, 0.2) is 119 Å². The number of nitro groups is 1. The molecule has 98 heavy (non-hydrogen) atoms. The van der Waals surface area contributed by atoms with Crippen LogP contribution in [0.5, 0.6) is 0 Å². The molecular weight excluding hydrogens is 1310 g/mol. The van der Waals surface area contributed by atoms with Gasteiger partial charge < -0.3 is 59.9 Å². The number of β-amino-alcohol motifs (C(OH)–C–C–N with tert-alkyl or cyclic N) is 1. The molecule has 27 heteroatoms. The van der Waals surface area contributed by atoms with E-state index in [0.717, 1.165) is 71.2 Å². The lowest BCUT2D eigenvalue weighted by molar-refractivity contribution is -0.384. The van der Waals surface area contributed by atoms with Gasteiger partial charge in [-0.05, 0) is 121 Å². The van der Waals surface area contributed by atoms with E-state index in [1.165, 1.54) is 33.9 Å². The van der Waals surface area contributed by atoms with Gasteiger partial charge in [0.15, 0.2) is 5.78 Å². The molecule has 0 radical (unpaired) electrons. The number of amides is 3. The number of nitrogens with one attached hydrogen (secondary N) is 5. The zero-order chi connectivity index (χ0) is 69.3. The quantitative estimate of drug-likeness (QED) is 0.0151. The molecule has 11 rings (SSSR count). The maximum atomic E-state index is 14.5. The predicted octanol–water partition coefficient (Wildman–Crippen LogP) is 10.5. The van der Waals surface area contributed by atoms with Crippen molar-refractivity contribution in [3.63, 3.8) is 0 Å². The highest BCUT2D eigenvalue weighted by atomic mass is 35.5. The summed E-state index contributed by atoms with van der Waals surface area (Å²) < 4.78 is 48.6. The van der Waals surface area contributed by atoms with Crippen LogP contribution >= 0.6 is 22.9 Å². The topological polar surface area (TPSA) is 296 Å². The van der Waals surface area contributed by atoms with Crippen LogP contribution in [-0.4, -0.2) is 171 Å². The molecule has 4 aliphatic rings. The van der Waals surface area contributed by atoms with Crippen LogP contribution in [0.4, 0.5) is 34.1 Å². The van der Waals surface area contributed by atoms with E-state index in [2.05, 4.69) is 66.4 Å². The van der Waals surface area contributed by atoms with Gasteiger partial charge in [0, 0.05) is 111 Å². The summed E-state index contributed by atoms with van der Waals surface area (Å²) in [6, 6.07) is 28.1. The minimum atomic E-state index is -4.47. The Morgan fingerprint density at radius 3 is 2.30 bits per heavy atom. The summed E-state index contributed by atoms with van der Waals surface area (Å²) in [6.07, 6.45) is 5.02. The third kappa shape index (κ3) is 17.1. The molecular formula is C71H85ClN12O12S2. The summed E-state index contributed by atoms with van der Waals surface area (Å²) in [6.45, 7) is 14.6. The standard InChI is InChI=1S/C71H85ClN12O12S2/c1-46-66(97-45-77-46)49-10-8-47(9-11-49)42-76-68(88)62-39-53(85)43-83(62)69(89)71(4,5)23-25-74-64(87)44-96-36-35-95-34-33-94-32-26-73-56-19-17-54(40-60(56)84(90)91)98(92,93)79-57-18-16-52(38-59(57)82-27-6-7-63(86)65-61(82)37-50-21-24-75-67(50)78-65)80-28-30-81(31-29-80)58-20-22-70(2,3)41-55(58)48-12-14-51(72)15-13-48/h8-19,21,24,37-38,40,45,53,62,73,79,85H,6-7,20,22-23,25-36,39,41-44H2,1-5H3,(H,74,87)(H,75,78)(H,76,88)/t53-,62+/m0/s1. The fourth-order valence-corrected chi connectivity index (χ4v) is 15.2. The molecule has 6 N–H and O–H groups in total. The zero-order valence-corrected chi connectivity index (χ0v) is 58.3. The fourth-order valence-electron chi connectivity index (χ4n) is 13.1. The smallest absolute Gasteiger partial charge is 0.293 e. The fraction of sp³-hybridized carbons (Fsp3) is 0.437. The number of fused-ring (bicyclic) bond motifs is 2. The Kier molecular flexibility index (Phi) is 22.5. The molecule has 2 fully saturated rings. The summed E-state index contributed by atoms with van der Waals surface area (Å²) >= 11 is 7.89. The Bertz CT molecular complexity index is 4190. The molecule has 1 aliphatic carbocycles. The number of hydrogen-bond donors (Lipinski definition) is 6. The first-order valence-corrected chi connectivity index (χ1v) is 36.0. The number of aliphatic hydroxyl groups excluding tert-OH is 1. The van der Waals surface area contributed by atoms with E-state index in [1.54, 1.807) is 43.0 Å². The van der Waals surface area contributed by atoms with Crippen molar-refractivity contribution in [1.82, 2.24) is 35.4 Å². The van der Waals surface area contributed by atoms with Crippen molar-refractivity contribution in [1.29, 1.82) is 0 Å². The molecule has 7 aromatic rings. The second-order valence-electron chi connectivity index (χ2n) is 26.7. The number of aryl methyl sites for hydroxylation is 1. The van der Waals surface area contributed by atoms with Gasteiger partial charge in [-0.3, -0.25) is 34.0 Å². The number of anilines is 5. The van der Waals surface area contributed by atoms with E-state index < -0.39 is 38.2 Å². The Hall–Kier alpha value is -8.50. The van der Waals surface area contributed by atoms with Gasteiger partial charge in [0.1, 0.15) is 29.7 Å². The first-order chi connectivity index (χ1) is 47.0. The number of pyridine rings is 1. The van der Waals surface area contributed by atoms with Crippen molar-refractivity contribution in [2.45, 2.75) is 103 Å². The number of nitrogens with zero attached hydrogens (tertiary/aromatic N) is 7. The average molecular weight is 1400 g/mol. The lowest BCUT2D eigenvalue weighted by atomic mass is 9.74. The number of H-pyrrole nitrogens is 1. The number of allylic oxidation sites excluding steroid dienone is 2. The van der Waals surface area contributed by atoms with E-state index in [0.29, 0.717) is 48.1 Å². The summed E-state index contributed by atoms with van der Waals surface area (Å²) in [7, 11) is -4.47. The molecule has 4 aromatic carbocycles. The number of aromatic amines is 1. The van der Waals surface area contributed by atoms with Crippen LogP contribution in [0.25, 0.3) is 27.0 Å². The molecule has 3 aromatic heterocycles. The molecule has 0 bridgehead atoms. The van der Waals surface area contributed by atoms with Crippen molar-refractivity contribution in [3.8, 4) is 10.4 Å². The van der Waals surface area contributed by atoms with E-state index in [9.17, 15) is 42.8 Å². The van der Waals surface area contributed by atoms with Crippen molar-refractivity contribution in [3.05, 3.63) is 152 Å². The Morgan fingerprint density at radius 1 is 0.847 bits per heavy atom. The number of ether oxygens (including phenoxy) is 3. The largest absolute Gasteiger partial charge is 0.391 e.